The summed E-state index contributed by atoms with van der Waals surface area (Å²) in [5.74, 6) is 4.37. The minimum Gasteiger partial charge on any atom is -0.390 e. The Morgan fingerprint density at radius 3 is 2.33 bits per heavy atom. The number of hydrogen-bond acceptors (Lipinski definition) is 2. The summed E-state index contributed by atoms with van der Waals surface area (Å²) in [5, 5.41) is 21.3. The third-order valence-electron chi connectivity index (χ3n) is 11.2. The predicted octanol–water partition coefficient (Wildman–Crippen LogP) is 7.12. The van der Waals surface area contributed by atoms with Gasteiger partial charge in [0, 0.05) is 0 Å². The third kappa shape index (κ3) is 4.02. The number of aliphatic hydroxyl groups is 2. The van der Waals surface area contributed by atoms with Crippen LogP contribution in [0.4, 0.5) is 0 Å². The largest absolute Gasteiger partial charge is 0.390 e. The summed E-state index contributed by atoms with van der Waals surface area (Å²) >= 11 is 0. The highest BCUT2D eigenvalue weighted by molar-refractivity contribution is 5.10. The summed E-state index contributed by atoms with van der Waals surface area (Å²) in [4.78, 5) is 0. The molecular weight excluding hydrogens is 368 g/mol. The van der Waals surface area contributed by atoms with Crippen molar-refractivity contribution in [2.75, 3.05) is 0 Å². The van der Waals surface area contributed by atoms with Crippen molar-refractivity contribution in [1.82, 2.24) is 0 Å². The first-order valence-electron chi connectivity index (χ1n) is 13.5. The molecule has 2 N–H and O–H groups in total. The van der Waals surface area contributed by atoms with Crippen LogP contribution in [0.1, 0.15) is 125 Å². The van der Waals surface area contributed by atoms with Crippen molar-refractivity contribution in [3.63, 3.8) is 0 Å². The molecule has 0 radical (unpaired) electrons. The molecule has 0 aromatic rings. The zero-order valence-electron chi connectivity index (χ0n) is 20.7. The molecule has 4 aliphatic carbocycles. The first-order valence-corrected chi connectivity index (χ1v) is 13.5. The van der Waals surface area contributed by atoms with Crippen LogP contribution in [0.5, 0.6) is 0 Å². The molecule has 4 aliphatic rings. The molecule has 0 heterocycles. The van der Waals surface area contributed by atoms with Crippen LogP contribution in [0.25, 0.3) is 0 Å². The van der Waals surface area contributed by atoms with E-state index in [1.807, 2.05) is 6.92 Å². The van der Waals surface area contributed by atoms with Crippen LogP contribution in [-0.2, 0) is 0 Å². The maximum atomic E-state index is 10.7. The number of hydrogen-bond donors (Lipinski definition) is 2. The fourth-order valence-corrected chi connectivity index (χ4v) is 9.41. The van der Waals surface area contributed by atoms with Crippen molar-refractivity contribution in [3.8, 4) is 0 Å². The van der Waals surface area contributed by atoms with Gasteiger partial charge in [0.1, 0.15) is 0 Å². The second-order valence-corrected chi connectivity index (χ2v) is 13.3. The second kappa shape index (κ2) is 8.05. The summed E-state index contributed by atoms with van der Waals surface area (Å²) in [6, 6.07) is 0. The molecule has 2 nitrogen and oxygen atoms in total. The van der Waals surface area contributed by atoms with Crippen LogP contribution in [0.15, 0.2) is 0 Å². The Morgan fingerprint density at radius 2 is 1.60 bits per heavy atom. The number of rotatable bonds is 6. The monoisotopic (exact) mass is 418 g/mol. The normalized spacial score (nSPS) is 50.3. The highest BCUT2D eigenvalue weighted by Gasteiger charge is 2.60. The zero-order valence-corrected chi connectivity index (χ0v) is 20.7. The van der Waals surface area contributed by atoms with E-state index >= 15 is 0 Å². The topological polar surface area (TPSA) is 40.5 Å². The summed E-state index contributed by atoms with van der Waals surface area (Å²) in [6.07, 6.45) is 17.3. The lowest BCUT2D eigenvalue weighted by Gasteiger charge is -2.62. The van der Waals surface area contributed by atoms with Gasteiger partial charge in [0.05, 0.1) is 11.2 Å². The summed E-state index contributed by atoms with van der Waals surface area (Å²) < 4.78 is 0. The van der Waals surface area contributed by atoms with Crippen LogP contribution in [-0.4, -0.2) is 21.4 Å². The quantitative estimate of drug-likeness (QED) is 0.482. The van der Waals surface area contributed by atoms with Crippen LogP contribution >= 0.6 is 0 Å². The van der Waals surface area contributed by atoms with Crippen molar-refractivity contribution in [3.05, 3.63) is 0 Å². The summed E-state index contributed by atoms with van der Waals surface area (Å²) in [7, 11) is 0. The summed E-state index contributed by atoms with van der Waals surface area (Å²) in [6.45, 7) is 11.6. The Bertz CT molecular complexity index is 610. The molecule has 0 aliphatic heterocycles. The van der Waals surface area contributed by atoms with E-state index in [0.717, 1.165) is 61.7 Å². The zero-order chi connectivity index (χ0) is 21.8. The first kappa shape index (κ1) is 23.1. The average Bonchev–Trinajstić information content (AvgIpc) is 2.99. The molecule has 4 saturated carbocycles. The molecule has 0 aromatic carbocycles. The maximum Gasteiger partial charge on any atom is 0.0622 e. The van der Waals surface area contributed by atoms with Crippen LogP contribution in [0.3, 0.4) is 0 Å². The van der Waals surface area contributed by atoms with E-state index in [0.29, 0.717) is 10.8 Å². The molecule has 0 unspecified atom stereocenters. The maximum absolute atomic E-state index is 10.7. The first-order chi connectivity index (χ1) is 14.0. The molecule has 0 amide bonds. The summed E-state index contributed by atoms with van der Waals surface area (Å²) in [5.41, 5.74) is 0.142. The van der Waals surface area contributed by atoms with Crippen molar-refractivity contribution in [1.29, 1.82) is 0 Å². The van der Waals surface area contributed by atoms with Crippen molar-refractivity contribution < 1.29 is 10.2 Å². The van der Waals surface area contributed by atoms with Gasteiger partial charge in [-0.1, -0.05) is 33.6 Å². The van der Waals surface area contributed by atoms with Gasteiger partial charge in [-0.05, 0) is 131 Å². The Balaban J connectivity index is 1.41. The van der Waals surface area contributed by atoms with Gasteiger partial charge in [0.2, 0.25) is 0 Å². The Morgan fingerprint density at radius 1 is 0.867 bits per heavy atom. The Labute approximate surface area is 186 Å². The molecule has 0 saturated heterocycles. The van der Waals surface area contributed by atoms with E-state index in [4.69, 9.17) is 0 Å². The highest BCUT2D eigenvalue weighted by atomic mass is 16.3. The fraction of sp³-hybridized carbons (Fsp3) is 1.00. The molecule has 4 fully saturated rings. The van der Waals surface area contributed by atoms with Gasteiger partial charge < -0.3 is 10.2 Å². The number of fused-ring (bicyclic) bond motifs is 5. The van der Waals surface area contributed by atoms with E-state index in [-0.39, 0.29) is 0 Å². The van der Waals surface area contributed by atoms with Gasteiger partial charge in [-0.3, -0.25) is 0 Å². The van der Waals surface area contributed by atoms with Crippen LogP contribution in [0.2, 0.25) is 0 Å². The third-order valence-corrected chi connectivity index (χ3v) is 11.2. The van der Waals surface area contributed by atoms with Crippen molar-refractivity contribution in [2.45, 2.75) is 136 Å². The molecule has 2 heteroatoms. The van der Waals surface area contributed by atoms with Crippen LogP contribution in [0, 0.1) is 40.4 Å². The molecular formula is C28H50O2. The van der Waals surface area contributed by atoms with E-state index in [1.54, 1.807) is 0 Å². The van der Waals surface area contributed by atoms with Gasteiger partial charge in [-0.2, -0.15) is 0 Å². The second-order valence-electron chi connectivity index (χ2n) is 13.3. The SMILES string of the molecule is CCC[C@@](C)(O)CCC[C@H]1CC[C@H]2[C@@H]3CC[C@H]4C[C@@](C)(O)CC[C@]4(C)[C@H]3CC[C@]12C. The Kier molecular flexibility index (Phi) is 6.20. The Hall–Kier alpha value is -0.0800. The van der Waals surface area contributed by atoms with Gasteiger partial charge >= 0.3 is 0 Å². The predicted molar refractivity (Wildman–Crippen MR) is 125 cm³/mol. The molecule has 4 rings (SSSR count). The smallest absolute Gasteiger partial charge is 0.0622 e. The minimum atomic E-state index is -0.458. The van der Waals surface area contributed by atoms with E-state index in [1.165, 1.54) is 57.8 Å². The van der Waals surface area contributed by atoms with Gasteiger partial charge in [-0.25, -0.2) is 0 Å². The molecule has 9 atom stereocenters. The lowest BCUT2D eigenvalue weighted by molar-refractivity contribution is -0.146. The average molecular weight is 419 g/mol. The van der Waals surface area contributed by atoms with E-state index < -0.39 is 11.2 Å². The minimum absolute atomic E-state index is 0.419. The van der Waals surface area contributed by atoms with Crippen LogP contribution < -0.4 is 0 Å². The fourth-order valence-electron chi connectivity index (χ4n) is 9.41. The van der Waals surface area contributed by atoms with E-state index in [9.17, 15) is 10.2 Å². The molecule has 30 heavy (non-hydrogen) atoms. The molecule has 0 bridgehead atoms. The van der Waals surface area contributed by atoms with Crippen molar-refractivity contribution in [2.24, 2.45) is 40.4 Å². The van der Waals surface area contributed by atoms with Gasteiger partial charge in [0.15, 0.2) is 0 Å². The molecule has 174 valence electrons. The van der Waals surface area contributed by atoms with E-state index in [2.05, 4.69) is 27.7 Å². The highest BCUT2D eigenvalue weighted by Crippen LogP contribution is 2.68. The standard InChI is InChI=1S/C28H50O2/c1-6-14-25(2,29)15-7-8-20-10-12-23-22-11-9-21-19-26(3,30)17-18-28(21,5)24(22)13-16-27(20,23)4/h20-24,29-30H,6-19H2,1-5H3/t20-,21-,22-,23-,24-,25+,26-,27+,28-/m0/s1. The van der Waals surface area contributed by atoms with Gasteiger partial charge in [-0.15, -0.1) is 0 Å². The molecule has 0 aromatic heterocycles. The van der Waals surface area contributed by atoms with Crippen molar-refractivity contribution >= 4 is 0 Å². The lowest BCUT2D eigenvalue weighted by atomic mass is 9.44. The molecule has 0 spiro atoms. The van der Waals surface area contributed by atoms with Gasteiger partial charge in [0.25, 0.3) is 0 Å². The lowest BCUT2D eigenvalue weighted by Crippen LogP contribution is -2.55.